The zero-order valence-electron chi connectivity index (χ0n) is 11.3. The van der Waals surface area contributed by atoms with Crippen molar-refractivity contribution in [3.8, 4) is 0 Å². The number of nitrogens with one attached hydrogen (secondary N) is 1. The number of carbonyl (C=O) groups excluding carboxylic acids is 1. The Bertz CT molecular complexity index is 691. The van der Waals surface area contributed by atoms with Gasteiger partial charge >= 0.3 is 6.18 Å². The largest absolute Gasteiger partial charge is 0.418 e. The second-order valence-electron chi connectivity index (χ2n) is 4.56. The number of benzene rings is 1. The first-order chi connectivity index (χ1) is 9.68. The van der Waals surface area contributed by atoms with E-state index >= 15 is 0 Å². The lowest BCUT2D eigenvalue weighted by molar-refractivity contribution is -0.136. The van der Waals surface area contributed by atoms with Gasteiger partial charge in [-0.3, -0.25) is 9.48 Å². The molecule has 2 rings (SSSR count). The number of hydrogen-bond donors (Lipinski definition) is 2. The van der Waals surface area contributed by atoms with E-state index in [4.69, 9.17) is 5.73 Å². The summed E-state index contributed by atoms with van der Waals surface area (Å²) in [7, 11) is 1.62. The molecule has 5 nitrogen and oxygen atoms in total. The maximum Gasteiger partial charge on any atom is 0.418 e. The summed E-state index contributed by atoms with van der Waals surface area (Å²) in [5.74, 6) is -0.657. The summed E-state index contributed by atoms with van der Waals surface area (Å²) in [5.41, 5.74) is 4.65. The molecule has 0 saturated carbocycles. The molecule has 112 valence electrons. The lowest BCUT2D eigenvalue weighted by Crippen LogP contribution is -2.17. The third-order valence-corrected chi connectivity index (χ3v) is 2.86. The van der Waals surface area contributed by atoms with Gasteiger partial charge in [0.1, 0.15) is 0 Å². The summed E-state index contributed by atoms with van der Waals surface area (Å²) < 4.78 is 40.2. The number of carbonyl (C=O) groups is 1. The fourth-order valence-corrected chi connectivity index (χ4v) is 1.92. The molecule has 21 heavy (non-hydrogen) atoms. The van der Waals surface area contributed by atoms with Crippen LogP contribution in [-0.2, 0) is 13.2 Å². The third-order valence-electron chi connectivity index (χ3n) is 2.86. The van der Waals surface area contributed by atoms with Gasteiger partial charge in [0.25, 0.3) is 5.91 Å². The average Bonchev–Trinajstić information content (AvgIpc) is 2.69. The summed E-state index contributed by atoms with van der Waals surface area (Å²) in [6.45, 7) is 1.60. The molecule has 1 amide bonds. The molecule has 8 heteroatoms. The fraction of sp³-hybridized carbons (Fsp3) is 0.231. The molecular weight excluding hydrogens is 285 g/mol. The highest BCUT2D eigenvalue weighted by Crippen LogP contribution is 2.36. The molecule has 0 unspecified atom stereocenters. The van der Waals surface area contributed by atoms with Gasteiger partial charge in [-0.05, 0) is 25.1 Å². The van der Waals surface area contributed by atoms with Crippen LogP contribution >= 0.6 is 0 Å². The number of nitrogens with two attached hydrogens (primary N) is 1. The Hall–Kier alpha value is -2.51. The number of halogens is 3. The summed E-state index contributed by atoms with van der Waals surface area (Å²) >= 11 is 0. The van der Waals surface area contributed by atoms with Crippen molar-refractivity contribution in [1.29, 1.82) is 0 Å². The number of aromatic nitrogens is 2. The van der Waals surface area contributed by atoms with E-state index in [2.05, 4.69) is 10.4 Å². The Morgan fingerprint density at radius 1 is 1.38 bits per heavy atom. The smallest absolute Gasteiger partial charge is 0.399 e. The molecule has 0 radical (unpaired) electrons. The van der Waals surface area contributed by atoms with Crippen LogP contribution in [0.1, 0.15) is 21.6 Å². The van der Waals surface area contributed by atoms with Gasteiger partial charge in [0.15, 0.2) is 0 Å². The maximum atomic E-state index is 12.9. The highest BCUT2D eigenvalue weighted by molar-refractivity contribution is 6.05. The molecule has 0 bridgehead atoms. The van der Waals surface area contributed by atoms with E-state index in [1.807, 2.05) is 0 Å². The zero-order chi connectivity index (χ0) is 15.8. The SMILES string of the molecule is Cc1nn(C)cc1C(=O)Nc1ccc(N)cc1C(F)(F)F. The van der Waals surface area contributed by atoms with Gasteiger partial charge in [-0.15, -0.1) is 0 Å². The van der Waals surface area contributed by atoms with Gasteiger partial charge < -0.3 is 11.1 Å². The molecule has 2 aromatic rings. The zero-order valence-corrected chi connectivity index (χ0v) is 11.3. The molecular formula is C13H13F3N4O. The van der Waals surface area contributed by atoms with E-state index in [1.54, 1.807) is 14.0 Å². The van der Waals surface area contributed by atoms with Crippen LogP contribution in [0.5, 0.6) is 0 Å². The summed E-state index contributed by atoms with van der Waals surface area (Å²) in [4.78, 5) is 12.0. The molecule has 3 N–H and O–H groups in total. The summed E-state index contributed by atoms with van der Waals surface area (Å²) in [6.07, 6.45) is -3.17. The van der Waals surface area contributed by atoms with Gasteiger partial charge in [0.2, 0.25) is 0 Å². The van der Waals surface area contributed by atoms with Crippen molar-refractivity contribution in [3.05, 3.63) is 41.2 Å². The van der Waals surface area contributed by atoms with Crippen molar-refractivity contribution >= 4 is 17.3 Å². The van der Waals surface area contributed by atoms with Crippen molar-refractivity contribution in [1.82, 2.24) is 9.78 Å². The molecule has 1 heterocycles. The normalized spacial score (nSPS) is 11.5. The Morgan fingerprint density at radius 3 is 2.57 bits per heavy atom. The third kappa shape index (κ3) is 3.15. The van der Waals surface area contributed by atoms with Gasteiger partial charge in [-0.1, -0.05) is 0 Å². The minimum Gasteiger partial charge on any atom is -0.399 e. The molecule has 0 spiro atoms. The number of anilines is 2. The minimum atomic E-state index is -4.61. The number of alkyl halides is 3. The molecule has 0 atom stereocenters. The molecule has 0 saturated heterocycles. The van der Waals surface area contributed by atoms with Gasteiger partial charge in [0.05, 0.1) is 22.5 Å². The Balaban J connectivity index is 2.36. The van der Waals surface area contributed by atoms with E-state index in [9.17, 15) is 18.0 Å². The van der Waals surface area contributed by atoms with Crippen molar-refractivity contribution in [2.75, 3.05) is 11.1 Å². The molecule has 0 fully saturated rings. The van der Waals surface area contributed by atoms with Crippen LogP contribution in [0.3, 0.4) is 0 Å². The predicted molar refractivity (Wildman–Crippen MR) is 71.8 cm³/mol. The molecule has 1 aromatic heterocycles. The van der Waals surface area contributed by atoms with Crippen LogP contribution < -0.4 is 11.1 Å². The Morgan fingerprint density at radius 2 is 2.05 bits per heavy atom. The van der Waals surface area contributed by atoms with E-state index in [0.717, 1.165) is 12.1 Å². The van der Waals surface area contributed by atoms with Gasteiger partial charge in [-0.2, -0.15) is 18.3 Å². The summed E-state index contributed by atoms with van der Waals surface area (Å²) in [6, 6.07) is 3.20. The lowest BCUT2D eigenvalue weighted by Gasteiger charge is -2.14. The van der Waals surface area contributed by atoms with Crippen LogP contribution in [-0.4, -0.2) is 15.7 Å². The number of rotatable bonds is 2. The highest BCUT2D eigenvalue weighted by Gasteiger charge is 2.34. The number of nitrogens with zero attached hydrogens (tertiary/aromatic N) is 2. The molecule has 0 aliphatic rings. The van der Waals surface area contributed by atoms with Crippen LogP contribution in [0.15, 0.2) is 24.4 Å². The van der Waals surface area contributed by atoms with E-state index in [-0.39, 0.29) is 16.9 Å². The second kappa shape index (κ2) is 5.12. The fourth-order valence-electron chi connectivity index (χ4n) is 1.92. The van der Waals surface area contributed by atoms with Crippen molar-refractivity contribution in [3.63, 3.8) is 0 Å². The monoisotopic (exact) mass is 298 g/mol. The van der Waals surface area contributed by atoms with Gasteiger partial charge in [0, 0.05) is 18.9 Å². The molecule has 1 aromatic carbocycles. The van der Waals surface area contributed by atoms with Crippen molar-refractivity contribution in [2.24, 2.45) is 7.05 Å². The Kier molecular flexibility index (Phi) is 3.63. The number of amides is 1. The maximum absolute atomic E-state index is 12.9. The average molecular weight is 298 g/mol. The first-order valence-electron chi connectivity index (χ1n) is 5.97. The number of aryl methyl sites for hydroxylation is 2. The molecule has 0 aliphatic heterocycles. The van der Waals surface area contributed by atoms with E-state index in [1.165, 1.54) is 16.9 Å². The van der Waals surface area contributed by atoms with Crippen LogP contribution in [0.25, 0.3) is 0 Å². The van der Waals surface area contributed by atoms with Crippen LogP contribution in [0, 0.1) is 6.92 Å². The standard InChI is InChI=1S/C13H13F3N4O/c1-7-9(6-20(2)19-7)12(21)18-11-4-3-8(17)5-10(11)13(14,15)16/h3-6H,17H2,1-2H3,(H,18,21). The topological polar surface area (TPSA) is 72.9 Å². The van der Waals surface area contributed by atoms with Gasteiger partial charge in [-0.25, -0.2) is 0 Å². The first-order valence-corrected chi connectivity index (χ1v) is 5.97. The number of nitrogen functional groups attached to an aromatic ring is 1. The Labute approximate surface area is 118 Å². The summed E-state index contributed by atoms with van der Waals surface area (Å²) in [5, 5.41) is 6.22. The van der Waals surface area contributed by atoms with E-state index in [0.29, 0.717) is 5.69 Å². The first kappa shape index (κ1) is 14.9. The van der Waals surface area contributed by atoms with Crippen molar-refractivity contribution < 1.29 is 18.0 Å². The number of hydrogen-bond acceptors (Lipinski definition) is 3. The highest BCUT2D eigenvalue weighted by atomic mass is 19.4. The van der Waals surface area contributed by atoms with Crippen LogP contribution in [0.4, 0.5) is 24.5 Å². The molecule has 0 aliphatic carbocycles. The van der Waals surface area contributed by atoms with E-state index < -0.39 is 17.6 Å². The van der Waals surface area contributed by atoms with Crippen molar-refractivity contribution in [2.45, 2.75) is 13.1 Å². The quantitative estimate of drug-likeness (QED) is 0.837. The predicted octanol–water partition coefficient (Wildman–Crippen LogP) is 2.58. The second-order valence-corrected chi connectivity index (χ2v) is 4.56. The van der Waals surface area contributed by atoms with Crippen LogP contribution in [0.2, 0.25) is 0 Å². The minimum absolute atomic E-state index is 0.0297. The lowest BCUT2D eigenvalue weighted by atomic mass is 10.1.